The first-order valence-corrected chi connectivity index (χ1v) is 8.82. The van der Waals surface area contributed by atoms with Crippen molar-refractivity contribution in [1.29, 1.82) is 0 Å². The molecule has 0 aliphatic rings. The Morgan fingerprint density at radius 1 is 0.652 bits per heavy atom. The fourth-order valence-corrected chi connectivity index (χ4v) is 2.96. The fraction of sp³-hybridized carbons (Fsp3) is 0.429. The zero-order chi connectivity index (χ0) is 16.3. The van der Waals surface area contributed by atoms with E-state index >= 15 is 0 Å². The molecule has 23 heavy (non-hydrogen) atoms. The predicted molar refractivity (Wildman–Crippen MR) is 102 cm³/mol. The highest BCUT2D eigenvalue weighted by Gasteiger charge is 2.08. The molecule has 2 rings (SSSR count). The van der Waals surface area contributed by atoms with Crippen LogP contribution in [0.4, 0.5) is 11.4 Å². The van der Waals surface area contributed by atoms with Crippen LogP contribution in [0.3, 0.4) is 0 Å². The Hall–Kier alpha value is -1.96. The van der Waals surface area contributed by atoms with Crippen molar-refractivity contribution in [2.24, 2.45) is 11.8 Å². The van der Waals surface area contributed by atoms with Crippen LogP contribution in [0.2, 0.25) is 0 Å². The number of para-hydroxylation sites is 2. The number of anilines is 2. The number of hydrogen-bond donors (Lipinski definition) is 2. The van der Waals surface area contributed by atoms with E-state index in [1.165, 1.54) is 30.6 Å². The Morgan fingerprint density at radius 3 is 1.43 bits per heavy atom. The second-order valence-corrected chi connectivity index (χ2v) is 6.61. The molecule has 2 atom stereocenters. The van der Waals surface area contributed by atoms with Crippen molar-refractivity contribution < 1.29 is 0 Å². The van der Waals surface area contributed by atoms with E-state index in [0.717, 1.165) is 24.9 Å². The van der Waals surface area contributed by atoms with Gasteiger partial charge in [0.05, 0.1) is 0 Å². The van der Waals surface area contributed by atoms with E-state index in [0.29, 0.717) is 0 Å². The second-order valence-electron chi connectivity index (χ2n) is 6.61. The highest BCUT2D eigenvalue weighted by atomic mass is 14.9. The summed E-state index contributed by atoms with van der Waals surface area (Å²) in [4.78, 5) is 0. The van der Waals surface area contributed by atoms with Gasteiger partial charge >= 0.3 is 0 Å². The molecule has 0 saturated heterocycles. The number of benzene rings is 2. The lowest BCUT2D eigenvalue weighted by atomic mass is 9.92. The van der Waals surface area contributed by atoms with E-state index in [4.69, 9.17) is 0 Å². The van der Waals surface area contributed by atoms with Crippen molar-refractivity contribution in [2.45, 2.75) is 33.1 Å². The van der Waals surface area contributed by atoms with Crippen LogP contribution in [0, 0.1) is 11.8 Å². The normalized spacial score (nSPS) is 13.3. The van der Waals surface area contributed by atoms with E-state index in [-0.39, 0.29) is 0 Å². The van der Waals surface area contributed by atoms with E-state index in [9.17, 15) is 0 Å². The first kappa shape index (κ1) is 17.4. The van der Waals surface area contributed by atoms with Crippen LogP contribution >= 0.6 is 0 Å². The molecule has 0 aliphatic carbocycles. The monoisotopic (exact) mass is 310 g/mol. The van der Waals surface area contributed by atoms with Gasteiger partial charge in [-0.25, -0.2) is 0 Å². The maximum atomic E-state index is 3.50. The van der Waals surface area contributed by atoms with Gasteiger partial charge in [0.15, 0.2) is 0 Å². The van der Waals surface area contributed by atoms with E-state index in [2.05, 4.69) is 85.1 Å². The van der Waals surface area contributed by atoms with Gasteiger partial charge in [-0.1, -0.05) is 50.2 Å². The molecule has 0 radical (unpaired) electrons. The third kappa shape index (κ3) is 7.23. The highest BCUT2D eigenvalue weighted by Crippen LogP contribution is 2.18. The van der Waals surface area contributed by atoms with Crippen LogP contribution in [-0.2, 0) is 0 Å². The molecule has 0 spiro atoms. The van der Waals surface area contributed by atoms with Gasteiger partial charge in [-0.15, -0.1) is 0 Å². The summed E-state index contributed by atoms with van der Waals surface area (Å²) in [5, 5.41) is 7.00. The Kier molecular flexibility index (Phi) is 7.51. The van der Waals surface area contributed by atoms with Crippen LogP contribution in [-0.4, -0.2) is 13.1 Å². The van der Waals surface area contributed by atoms with Crippen LogP contribution in [0.25, 0.3) is 0 Å². The fourth-order valence-electron chi connectivity index (χ4n) is 2.96. The zero-order valence-corrected chi connectivity index (χ0v) is 14.5. The van der Waals surface area contributed by atoms with Gasteiger partial charge in [-0.3, -0.25) is 0 Å². The lowest BCUT2D eigenvalue weighted by Gasteiger charge is -2.18. The largest absolute Gasteiger partial charge is 0.385 e. The average molecular weight is 310 g/mol. The second kappa shape index (κ2) is 9.94. The summed E-state index contributed by atoms with van der Waals surface area (Å²) in [5.41, 5.74) is 2.44. The van der Waals surface area contributed by atoms with Gasteiger partial charge in [-0.05, 0) is 55.4 Å². The molecule has 0 aliphatic heterocycles. The molecule has 2 nitrogen and oxygen atoms in total. The minimum Gasteiger partial charge on any atom is -0.385 e. The summed E-state index contributed by atoms with van der Waals surface area (Å²) in [7, 11) is 0. The average Bonchev–Trinajstić information content (AvgIpc) is 2.57. The summed E-state index contributed by atoms with van der Waals surface area (Å²) in [5.74, 6) is 1.52. The van der Waals surface area contributed by atoms with Crippen LogP contribution in [0.15, 0.2) is 60.7 Å². The zero-order valence-electron chi connectivity index (χ0n) is 14.5. The Labute approximate surface area is 141 Å². The molecule has 2 aromatic carbocycles. The van der Waals surface area contributed by atoms with Gasteiger partial charge in [0, 0.05) is 24.5 Å². The minimum atomic E-state index is 0.762. The summed E-state index contributed by atoms with van der Waals surface area (Å²) in [6.07, 6.45) is 3.75. The van der Waals surface area contributed by atoms with Gasteiger partial charge in [0.25, 0.3) is 0 Å². The van der Waals surface area contributed by atoms with Gasteiger partial charge in [0.1, 0.15) is 0 Å². The summed E-state index contributed by atoms with van der Waals surface area (Å²) >= 11 is 0. The Balaban J connectivity index is 1.56. The molecular formula is C21H30N2. The topological polar surface area (TPSA) is 24.1 Å². The SMILES string of the molecule is CC(CCNc1ccccc1)CC(C)CCNc1ccccc1. The lowest BCUT2D eigenvalue weighted by molar-refractivity contribution is 0.389. The molecule has 2 heteroatoms. The third-order valence-electron chi connectivity index (χ3n) is 4.28. The maximum absolute atomic E-state index is 3.50. The van der Waals surface area contributed by atoms with Crippen molar-refractivity contribution in [3.05, 3.63) is 60.7 Å². The third-order valence-corrected chi connectivity index (χ3v) is 4.28. The van der Waals surface area contributed by atoms with E-state index < -0.39 is 0 Å². The predicted octanol–water partition coefficient (Wildman–Crippen LogP) is 5.65. The van der Waals surface area contributed by atoms with Crippen molar-refractivity contribution in [3.63, 3.8) is 0 Å². The molecular weight excluding hydrogens is 280 g/mol. The van der Waals surface area contributed by atoms with Crippen molar-refractivity contribution in [2.75, 3.05) is 23.7 Å². The van der Waals surface area contributed by atoms with E-state index in [1.807, 2.05) is 0 Å². The van der Waals surface area contributed by atoms with Crippen LogP contribution < -0.4 is 10.6 Å². The molecule has 0 fully saturated rings. The highest BCUT2D eigenvalue weighted by molar-refractivity contribution is 5.42. The molecule has 2 aromatic rings. The molecule has 0 aromatic heterocycles. The van der Waals surface area contributed by atoms with Crippen molar-refractivity contribution in [3.8, 4) is 0 Å². The van der Waals surface area contributed by atoms with Gasteiger partial charge < -0.3 is 10.6 Å². The smallest absolute Gasteiger partial charge is 0.0340 e. The molecule has 0 saturated carbocycles. The molecule has 0 heterocycles. The summed E-state index contributed by atoms with van der Waals surface area (Å²) in [6.45, 7) is 6.85. The van der Waals surface area contributed by atoms with Crippen molar-refractivity contribution >= 4 is 11.4 Å². The van der Waals surface area contributed by atoms with Gasteiger partial charge in [0.2, 0.25) is 0 Å². The maximum Gasteiger partial charge on any atom is 0.0340 e. The number of nitrogens with one attached hydrogen (secondary N) is 2. The lowest BCUT2D eigenvalue weighted by Crippen LogP contribution is -2.12. The molecule has 0 amide bonds. The standard InChI is InChI=1S/C21H30N2/c1-18(13-15-22-20-9-5-3-6-10-20)17-19(2)14-16-23-21-11-7-4-8-12-21/h3-12,18-19,22-23H,13-17H2,1-2H3. The quantitative estimate of drug-likeness (QED) is 0.592. The number of hydrogen-bond acceptors (Lipinski definition) is 2. The van der Waals surface area contributed by atoms with Crippen LogP contribution in [0.5, 0.6) is 0 Å². The number of rotatable bonds is 10. The molecule has 124 valence electrons. The summed E-state index contributed by atoms with van der Waals surface area (Å²) < 4.78 is 0. The first-order valence-electron chi connectivity index (χ1n) is 8.82. The first-order chi connectivity index (χ1) is 11.2. The van der Waals surface area contributed by atoms with Crippen LogP contribution in [0.1, 0.15) is 33.1 Å². The molecule has 2 unspecified atom stereocenters. The summed E-state index contributed by atoms with van der Waals surface area (Å²) in [6, 6.07) is 20.9. The van der Waals surface area contributed by atoms with E-state index in [1.54, 1.807) is 0 Å². The van der Waals surface area contributed by atoms with Crippen molar-refractivity contribution in [1.82, 2.24) is 0 Å². The Morgan fingerprint density at radius 2 is 1.04 bits per heavy atom. The Bertz CT molecular complexity index is 475. The van der Waals surface area contributed by atoms with Gasteiger partial charge in [-0.2, -0.15) is 0 Å². The molecule has 2 N–H and O–H groups in total. The molecule has 0 bridgehead atoms. The minimum absolute atomic E-state index is 0.762.